The van der Waals surface area contributed by atoms with E-state index < -0.39 is 0 Å². The minimum Gasteiger partial charge on any atom is -0.299 e. The molecule has 5 aliphatic carbocycles. The first kappa shape index (κ1) is 22.5. The van der Waals surface area contributed by atoms with Crippen LogP contribution in [0.15, 0.2) is 0 Å². The minimum absolute atomic E-state index is 0.237. The van der Waals surface area contributed by atoms with Gasteiger partial charge in [-0.15, -0.1) is 0 Å². The summed E-state index contributed by atoms with van der Waals surface area (Å²) >= 11 is 0. The highest BCUT2D eigenvalue weighted by Gasteiger charge is 2.70. The van der Waals surface area contributed by atoms with Gasteiger partial charge in [0.2, 0.25) is 0 Å². The molecule has 1 heteroatoms. The van der Waals surface area contributed by atoms with Gasteiger partial charge >= 0.3 is 0 Å². The number of Topliss-reactive ketones (excluding diaryl/α,β-unsaturated/α-hetero) is 1. The molecular formula is C30H50O. The average Bonchev–Trinajstić information content (AvgIpc) is 2.69. The van der Waals surface area contributed by atoms with Crippen LogP contribution in [0, 0.1) is 56.2 Å². The summed E-state index contributed by atoms with van der Waals surface area (Å²) in [5.41, 5.74) is 2.67. The topological polar surface area (TPSA) is 17.1 Å². The lowest BCUT2D eigenvalue weighted by atomic mass is 9.30. The monoisotopic (exact) mass is 426 g/mol. The fraction of sp³-hybridized carbons (Fsp3) is 0.967. The van der Waals surface area contributed by atoms with E-state index in [1.807, 2.05) is 0 Å². The Hall–Kier alpha value is -0.330. The standard InChI is InChI=1S/C30H50O/c1-20-21(31)9-10-22-27(20,5)12-11-23-28(22,6)16-18-30(8)24-19-25(2,3)13-14-26(24,4)15-17-29(23,30)7/h20,22-24H,9-19H2,1-8H3/t20-,22+,23-,24-,26+,27+,28-,29+,30-/m0/s1. The molecule has 5 aliphatic rings. The Morgan fingerprint density at radius 1 is 0.645 bits per heavy atom. The van der Waals surface area contributed by atoms with Gasteiger partial charge < -0.3 is 0 Å². The first-order chi connectivity index (χ1) is 14.2. The lowest BCUT2D eigenvalue weighted by Crippen LogP contribution is -2.67. The van der Waals surface area contributed by atoms with Crippen molar-refractivity contribution in [3.05, 3.63) is 0 Å². The molecule has 5 rings (SSSR count). The summed E-state index contributed by atoms with van der Waals surface area (Å²) in [4.78, 5) is 12.7. The van der Waals surface area contributed by atoms with Gasteiger partial charge in [0.25, 0.3) is 0 Å². The third-order valence-electron chi connectivity index (χ3n) is 13.7. The molecule has 0 aromatic carbocycles. The van der Waals surface area contributed by atoms with Crippen molar-refractivity contribution >= 4 is 5.78 Å². The van der Waals surface area contributed by atoms with E-state index in [0.717, 1.165) is 30.6 Å². The number of carbonyl (C=O) groups is 1. The molecule has 0 aliphatic heterocycles. The fourth-order valence-electron chi connectivity index (χ4n) is 11.2. The Morgan fingerprint density at radius 2 is 1.26 bits per heavy atom. The van der Waals surface area contributed by atoms with E-state index in [0.29, 0.717) is 32.9 Å². The van der Waals surface area contributed by atoms with Gasteiger partial charge in [-0.05, 0) is 114 Å². The maximum Gasteiger partial charge on any atom is 0.136 e. The zero-order chi connectivity index (χ0) is 22.7. The van der Waals surface area contributed by atoms with E-state index in [1.165, 1.54) is 57.8 Å². The summed E-state index contributed by atoms with van der Waals surface area (Å²) in [5.74, 6) is 3.27. The van der Waals surface area contributed by atoms with Gasteiger partial charge in [-0.2, -0.15) is 0 Å². The first-order valence-electron chi connectivity index (χ1n) is 13.7. The molecule has 5 saturated carbocycles. The van der Waals surface area contributed by atoms with Crippen LogP contribution in [-0.4, -0.2) is 5.78 Å². The Kier molecular flexibility index (Phi) is 4.65. The van der Waals surface area contributed by atoms with E-state index in [-0.39, 0.29) is 11.3 Å². The number of ketones is 1. The van der Waals surface area contributed by atoms with Crippen LogP contribution >= 0.6 is 0 Å². The molecule has 1 nitrogen and oxygen atoms in total. The van der Waals surface area contributed by atoms with Crippen LogP contribution in [0.25, 0.3) is 0 Å². The van der Waals surface area contributed by atoms with E-state index in [9.17, 15) is 4.79 Å². The van der Waals surface area contributed by atoms with Crippen LogP contribution in [0.4, 0.5) is 0 Å². The normalized spacial score (nSPS) is 58.5. The molecule has 0 heterocycles. The highest BCUT2D eigenvalue weighted by atomic mass is 16.1. The molecule has 0 unspecified atom stereocenters. The van der Waals surface area contributed by atoms with Gasteiger partial charge in [-0.3, -0.25) is 4.79 Å². The second kappa shape index (κ2) is 6.41. The van der Waals surface area contributed by atoms with Gasteiger partial charge in [-0.1, -0.05) is 55.4 Å². The maximum absolute atomic E-state index is 12.7. The first-order valence-corrected chi connectivity index (χ1v) is 13.7. The summed E-state index contributed by atoms with van der Waals surface area (Å²) < 4.78 is 0. The maximum atomic E-state index is 12.7. The van der Waals surface area contributed by atoms with Gasteiger partial charge in [0, 0.05) is 12.3 Å². The molecule has 5 fully saturated rings. The second-order valence-corrected chi connectivity index (χ2v) is 15.3. The molecule has 0 aromatic heterocycles. The largest absolute Gasteiger partial charge is 0.299 e. The summed E-state index contributed by atoms with van der Waals surface area (Å²) in [7, 11) is 0. The lowest BCUT2D eigenvalue weighted by molar-refractivity contribution is -0.256. The number of hydrogen-bond donors (Lipinski definition) is 0. The molecule has 0 amide bonds. The quantitative estimate of drug-likeness (QED) is 0.379. The molecule has 176 valence electrons. The average molecular weight is 427 g/mol. The highest BCUT2D eigenvalue weighted by molar-refractivity contribution is 5.82. The Morgan fingerprint density at radius 3 is 1.97 bits per heavy atom. The minimum atomic E-state index is 0.237. The van der Waals surface area contributed by atoms with Crippen LogP contribution in [0.5, 0.6) is 0 Å². The van der Waals surface area contributed by atoms with Crippen LogP contribution < -0.4 is 0 Å². The van der Waals surface area contributed by atoms with Crippen LogP contribution in [0.2, 0.25) is 0 Å². The Balaban J connectivity index is 1.55. The van der Waals surface area contributed by atoms with E-state index in [1.54, 1.807) is 0 Å². The summed E-state index contributed by atoms with van der Waals surface area (Å²) in [6.45, 7) is 20.7. The van der Waals surface area contributed by atoms with E-state index in [4.69, 9.17) is 0 Å². The zero-order valence-corrected chi connectivity index (χ0v) is 22.0. The molecule has 0 aromatic rings. The van der Waals surface area contributed by atoms with Crippen molar-refractivity contribution in [3.63, 3.8) is 0 Å². The molecule has 0 N–H and O–H groups in total. The third kappa shape index (κ3) is 2.70. The number of hydrogen-bond acceptors (Lipinski definition) is 1. The van der Waals surface area contributed by atoms with E-state index >= 15 is 0 Å². The molecule has 0 saturated heterocycles. The van der Waals surface area contributed by atoms with Crippen LogP contribution in [0.1, 0.15) is 126 Å². The SMILES string of the molecule is C[C@H]1C(=O)CC[C@@H]2[C@]1(C)CC[C@H]1[C@@]2(C)CC[C@@]2(C)[C@H]3CC(C)(C)CC[C@]3(C)CC[C@]12C. The lowest BCUT2D eigenvalue weighted by Gasteiger charge is -2.74. The molecular weight excluding hydrogens is 376 g/mol. The van der Waals surface area contributed by atoms with Crippen molar-refractivity contribution in [2.24, 2.45) is 56.2 Å². The van der Waals surface area contributed by atoms with Crippen LogP contribution in [-0.2, 0) is 4.79 Å². The predicted molar refractivity (Wildman–Crippen MR) is 130 cm³/mol. The Bertz CT molecular complexity index is 781. The predicted octanol–water partition coefficient (Wildman–Crippen LogP) is 8.46. The third-order valence-corrected chi connectivity index (χ3v) is 13.7. The van der Waals surface area contributed by atoms with Crippen molar-refractivity contribution in [1.29, 1.82) is 0 Å². The van der Waals surface area contributed by atoms with Crippen molar-refractivity contribution in [3.8, 4) is 0 Å². The summed E-state index contributed by atoms with van der Waals surface area (Å²) in [6, 6.07) is 0. The number of carbonyl (C=O) groups excluding carboxylic acids is 1. The molecule has 31 heavy (non-hydrogen) atoms. The van der Waals surface area contributed by atoms with Gasteiger partial charge in [0.05, 0.1) is 0 Å². The van der Waals surface area contributed by atoms with E-state index in [2.05, 4.69) is 55.4 Å². The molecule has 0 radical (unpaired) electrons. The van der Waals surface area contributed by atoms with Crippen LogP contribution in [0.3, 0.4) is 0 Å². The van der Waals surface area contributed by atoms with Crippen molar-refractivity contribution in [1.82, 2.24) is 0 Å². The summed E-state index contributed by atoms with van der Waals surface area (Å²) in [5, 5.41) is 0. The number of rotatable bonds is 0. The highest BCUT2D eigenvalue weighted by Crippen LogP contribution is 2.78. The summed E-state index contributed by atoms with van der Waals surface area (Å²) in [6.07, 6.45) is 14.6. The fourth-order valence-corrected chi connectivity index (χ4v) is 11.2. The Labute approximate surface area is 192 Å². The van der Waals surface area contributed by atoms with Gasteiger partial charge in [-0.25, -0.2) is 0 Å². The molecule has 9 atom stereocenters. The van der Waals surface area contributed by atoms with Gasteiger partial charge in [0.15, 0.2) is 0 Å². The number of fused-ring (bicyclic) bond motifs is 7. The van der Waals surface area contributed by atoms with Crippen molar-refractivity contribution in [2.75, 3.05) is 0 Å². The van der Waals surface area contributed by atoms with Crippen molar-refractivity contribution < 1.29 is 4.79 Å². The van der Waals surface area contributed by atoms with Gasteiger partial charge in [0.1, 0.15) is 5.78 Å². The smallest absolute Gasteiger partial charge is 0.136 e. The zero-order valence-electron chi connectivity index (χ0n) is 22.0. The second-order valence-electron chi connectivity index (χ2n) is 15.3. The molecule has 0 bridgehead atoms. The molecule has 0 spiro atoms. The van der Waals surface area contributed by atoms with Crippen molar-refractivity contribution in [2.45, 2.75) is 126 Å².